The zero-order valence-corrected chi connectivity index (χ0v) is 26.6. The van der Waals surface area contributed by atoms with Gasteiger partial charge in [-0.05, 0) is 130 Å². The van der Waals surface area contributed by atoms with E-state index in [0.717, 1.165) is 68.0 Å². The van der Waals surface area contributed by atoms with Gasteiger partial charge in [-0.1, -0.05) is 0 Å². The van der Waals surface area contributed by atoms with Crippen LogP contribution in [0.25, 0.3) is 10.9 Å². The number of aromatic carboxylic acids is 3. The van der Waals surface area contributed by atoms with Crippen LogP contribution in [0.5, 0.6) is 0 Å². The molecule has 7 rings (SSSR count). The predicted molar refractivity (Wildman–Crippen MR) is 185 cm³/mol. The minimum Gasteiger partial charge on any atom is -0.478 e. The summed E-state index contributed by atoms with van der Waals surface area (Å²) in [6.45, 7) is 0. The number of carboxylic acids is 3. The molecule has 2 saturated carbocycles. The number of hydrogen-bond acceptors (Lipinski definition) is 8. The first-order chi connectivity index (χ1) is 23.1. The fourth-order valence-corrected chi connectivity index (χ4v) is 5.58. The van der Waals surface area contributed by atoms with Crippen LogP contribution in [-0.4, -0.2) is 49.7 Å². The molecule has 0 atom stereocenters. The van der Waals surface area contributed by atoms with E-state index in [-0.39, 0.29) is 5.56 Å². The van der Waals surface area contributed by atoms with Gasteiger partial charge >= 0.3 is 17.9 Å². The lowest BCUT2D eigenvalue weighted by molar-refractivity contribution is -0.117. The number of carbonyl (C=O) groups is 4. The van der Waals surface area contributed by atoms with E-state index in [1.807, 2.05) is 6.07 Å². The predicted octanol–water partition coefficient (Wildman–Crippen LogP) is 6.88. The molecule has 1 aromatic heterocycles. The number of carboxylic acid groups (broad SMARTS) is 3. The number of hydrogen-bond donors (Lipinski definition) is 7. The van der Waals surface area contributed by atoms with Gasteiger partial charge in [-0.2, -0.15) is 5.10 Å². The summed E-state index contributed by atoms with van der Waals surface area (Å²) in [4.78, 5) is 45.4. The van der Waals surface area contributed by atoms with Crippen LogP contribution >= 0.6 is 0 Å². The van der Waals surface area contributed by atoms with Crippen molar-refractivity contribution < 1.29 is 34.5 Å². The zero-order valence-electron chi connectivity index (χ0n) is 26.6. The van der Waals surface area contributed by atoms with Crippen LogP contribution in [-0.2, 0) is 17.6 Å². The molecule has 0 unspecified atom stereocenters. The number of benzene rings is 3. The summed E-state index contributed by atoms with van der Waals surface area (Å²) in [6, 6.07) is 18.0. The highest BCUT2D eigenvalue weighted by molar-refractivity contribution is 5.95. The topological polar surface area (TPSA) is 207 Å². The second-order valence-electron chi connectivity index (χ2n) is 11.7. The summed E-state index contributed by atoms with van der Waals surface area (Å²) in [5, 5.41) is 31.5. The SMILES string of the molecule is NNc1ccc(C(=O)O)cc1.O=C(O)c1ccc(NN=C2CCCC2)cc1.O=C(O)c1ccc2[nH]c3c(c2c1)CCC3.O=C1CCCC1. The number of hydrazine groups is 1. The van der Waals surface area contributed by atoms with Gasteiger partial charge < -0.3 is 25.7 Å². The Hall–Kier alpha value is -5.49. The average molecular weight is 656 g/mol. The number of hydrazone groups is 1. The Morgan fingerprint density at radius 3 is 1.67 bits per heavy atom. The van der Waals surface area contributed by atoms with E-state index in [1.165, 1.54) is 48.4 Å². The molecule has 8 N–H and O–H groups in total. The Balaban J connectivity index is 0.000000152. The lowest BCUT2D eigenvalue weighted by Crippen LogP contribution is -2.06. The van der Waals surface area contributed by atoms with Crippen molar-refractivity contribution in [2.24, 2.45) is 10.9 Å². The van der Waals surface area contributed by atoms with Gasteiger partial charge in [-0.25, -0.2) is 14.4 Å². The number of Topliss-reactive ketones (excluding diaryl/α,β-unsaturated/α-hetero) is 1. The number of H-pyrrole nitrogens is 1. The number of aromatic nitrogens is 1. The first kappa shape index (κ1) is 35.4. The van der Waals surface area contributed by atoms with Crippen molar-refractivity contribution in [3.05, 3.63) is 94.7 Å². The maximum absolute atomic E-state index is 10.9. The van der Waals surface area contributed by atoms with E-state index in [0.29, 0.717) is 22.6 Å². The molecule has 0 radical (unpaired) electrons. The van der Waals surface area contributed by atoms with E-state index in [2.05, 4.69) is 20.9 Å². The number of rotatable bonds is 6. The summed E-state index contributed by atoms with van der Waals surface area (Å²) in [6.07, 6.45) is 11.9. The number of fused-ring (bicyclic) bond motifs is 3. The van der Waals surface area contributed by atoms with Crippen molar-refractivity contribution in [3.63, 3.8) is 0 Å². The number of ketones is 1. The van der Waals surface area contributed by atoms with Gasteiger partial charge in [0.25, 0.3) is 0 Å². The number of nitrogen functional groups attached to an aromatic ring is 1. The van der Waals surface area contributed by atoms with Gasteiger partial charge in [-0.3, -0.25) is 16.1 Å². The van der Waals surface area contributed by atoms with Crippen molar-refractivity contribution in [1.29, 1.82) is 0 Å². The summed E-state index contributed by atoms with van der Waals surface area (Å²) in [7, 11) is 0. The third-order valence-electron chi connectivity index (χ3n) is 8.21. The average Bonchev–Trinajstić information content (AvgIpc) is 3.92. The smallest absolute Gasteiger partial charge is 0.335 e. The lowest BCUT2D eigenvalue weighted by Gasteiger charge is -2.02. The maximum Gasteiger partial charge on any atom is 0.335 e. The molecule has 0 bridgehead atoms. The standard InChI is InChI=1S/C12H14N2O2.C12H11NO2.C7H8N2O2.C5H8O/c15-12(16)9-5-7-11(8-6-9)14-13-10-3-1-2-4-10;14-12(15)7-4-5-11-9(6-7)8-2-1-3-10(8)13-11;8-9-6-3-1-5(2-4-6)7(10)11;6-5-3-1-2-4-5/h5-8,14H,1-4H2,(H,15,16);4-6,13H,1-3H2,(H,14,15);1-4,9H,8H2,(H,10,11);1-4H2. The molecule has 0 saturated heterocycles. The number of aromatic amines is 1. The molecule has 3 aliphatic rings. The Bertz CT molecular complexity index is 1750. The van der Waals surface area contributed by atoms with Crippen molar-refractivity contribution in [3.8, 4) is 0 Å². The first-order valence-corrected chi connectivity index (χ1v) is 16.0. The molecule has 0 amide bonds. The van der Waals surface area contributed by atoms with Gasteiger partial charge in [0.1, 0.15) is 5.78 Å². The molecule has 3 aromatic carbocycles. The Labute approximate surface area is 278 Å². The van der Waals surface area contributed by atoms with Crippen molar-refractivity contribution >= 4 is 51.7 Å². The number of nitrogens with zero attached hydrogens (tertiary/aromatic N) is 1. The van der Waals surface area contributed by atoms with Gasteiger partial charge in [0.15, 0.2) is 0 Å². The monoisotopic (exact) mass is 655 g/mol. The maximum atomic E-state index is 10.9. The Morgan fingerprint density at radius 1 is 0.646 bits per heavy atom. The van der Waals surface area contributed by atoms with E-state index >= 15 is 0 Å². The van der Waals surface area contributed by atoms with E-state index < -0.39 is 17.9 Å². The summed E-state index contributed by atoms with van der Waals surface area (Å²) in [5.74, 6) is 2.83. The molecule has 252 valence electrons. The molecular formula is C36H41N5O7. The molecular weight excluding hydrogens is 614 g/mol. The molecule has 12 heteroatoms. The number of nitrogens with one attached hydrogen (secondary N) is 3. The number of carbonyl (C=O) groups excluding carboxylic acids is 1. The molecule has 1 heterocycles. The first-order valence-electron chi connectivity index (χ1n) is 16.0. The van der Waals surface area contributed by atoms with Crippen LogP contribution in [0, 0.1) is 0 Å². The highest BCUT2D eigenvalue weighted by atomic mass is 16.4. The van der Waals surface area contributed by atoms with E-state index in [9.17, 15) is 19.2 Å². The minimum absolute atomic E-state index is 0.254. The zero-order chi connectivity index (χ0) is 34.5. The summed E-state index contributed by atoms with van der Waals surface area (Å²) in [5.41, 5.74) is 12.6. The Morgan fingerprint density at radius 2 is 1.17 bits per heavy atom. The molecule has 0 aliphatic heterocycles. The van der Waals surface area contributed by atoms with Gasteiger partial charge in [0, 0.05) is 40.8 Å². The fourth-order valence-electron chi connectivity index (χ4n) is 5.58. The molecule has 12 nitrogen and oxygen atoms in total. The number of aryl methyl sites for hydroxylation is 2. The molecule has 2 fully saturated rings. The van der Waals surface area contributed by atoms with Crippen molar-refractivity contribution in [2.45, 2.75) is 70.6 Å². The fraction of sp³-hybridized carbons (Fsp3) is 0.306. The van der Waals surface area contributed by atoms with Crippen LogP contribution in [0.4, 0.5) is 11.4 Å². The van der Waals surface area contributed by atoms with Crippen LogP contribution in [0.1, 0.15) is 100 Å². The van der Waals surface area contributed by atoms with Crippen LogP contribution < -0.4 is 16.7 Å². The lowest BCUT2D eigenvalue weighted by atomic mass is 10.1. The second kappa shape index (κ2) is 17.4. The molecule has 0 spiro atoms. The number of anilines is 2. The van der Waals surface area contributed by atoms with Gasteiger partial charge in [0.2, 0.25) is 0 Å². The summed E-state index contributed by atoms with van der Waals surface area (Å²) < 4.78 is 0. The molecule has 4 aromatic rings. The third kappa shape index (κ3) is 10.3. The highest BCUT2D eigenvalue weighted by Gasteiger charge is 2.17. The van der Waals surface area contributed by atoms with E-state index in [1.54, 1.807) is 48.5 Å². The largest absolute Gasteiger partial charge is 0.478 e. The van der Waals surface area contributed by atoms with Gasteiger partial charge in [0.05, 0.1) is 22.4 Å². The van der Waals surface area contributed by atoms with Crippen LogP contribution in [0.3, 0.4) is 0 Å². The number of nitrogens with two attached hydrogens (primary N) is 1. The quantitative estimate of drug-likeness (QED) is 0.0846. The normalized spacial score (nSPS) is 14.4. The molecule has 48 heavy (non-hydrogen) atoms. The third-order valence-corrected chi connectivity index (χ3v) is 8.21. The van der Waals surface area contributed by atoms with Crippen LogP contribution in [0.15, 0.2) is 71.8 Å². The van der Waals surface area contributed by atoms with Crippen molar-refractivity contribution in [2.75, 3.05) is 10.9 Å². The highest BCUT2D eigenvalue weighted by Crippen LogP contribution is 2.30. The summed E-state index contributed by atoms with van der Waals surface area (Å²) >= 11 is 0. The van der Waals surface area contributed by atoms with E-state index in [4.69, 9.17) is 21.2 Å². The Kier molecular flexibility index (Phi) is 12.8. The van der Waals surface area contributed by atoms with Crippen LogP contribution in [0.2, 0.25) is 0 Å². The van der Waals surface area contributed by atoms with Crippen molar-refractivity contribution in [1.82, 2.24) is 4.98 Å². The molecule has 3 aliphatic carbocycles. The minimum atomic E-state index is -0.937. The van der Waals surface area contributed by atoms with Gasteiger partial charge in [-0.15, -0.1) is 0 Å². The second-order valence-corrected chi connectivity index (χ2v) is 11.7.